The molecule has 1 aromatic carbocycles. The second-order valence-corrected chi connectivity index (χ2v) is 10.7. The van der Waals surface area contributed by atoms with Crippen LogP contribution in [0, 0.1) is 0 Å². The lowest BCUT2D eigenvalue weighted by molar-refractivity contribution is -0.107. The maximum Gasteiger partial charge on any atom is 0.387 e. The molecule has 3 aromatic rings. The third-order valence-corrected chi connectivity index (χ3v) is 8.09. The summed E-state index contributed by atoms with van der Waals surface area (Å²) in [5.41, 5.74) is 1.98. The number of amides is 1. The van der Waals surface area contributed by atoms with Crippen LogP contribution in [-0.2, 0) is 4.74 Å². The third-order valence-electron chi connectivity index (χ3n) is 8.09. The average molecular weight is 557 g/mol. The largest absolute Gasteiger partial charge is 0.496 e. The molecule has 3 aliphatic rings. The minimum absolute atomic E-state index is 0.0465. The Morgan fingerprint density at radius 1 is 1.25 bits per heavy atom. The van der Waals surface area contributed by atoms with Gasteiger partial charge < -0.3 is 24.3 Å². The number of rotatable bonds is 11. The highest BCUT2D eigenvalue weighted by molar-refractivity contribution is 6.01. The van der Waals surface area contributed by atoms with Crippen molar-refractivity contribution in [1.29, 1.82) is 0 Å². The van der Waals surface area contributed by atoms with Crippen LogP contribution in [0.2, 0.25) is 0 Å². The number of hydrogen-bond donors (Lipinski definition) is 1. The van der Waals surface area contributed by atoms with E-state index in [2.05, 4.69) is 15.2 Å². The fraction of sp³-hybridized carbons (Fsp3) is 0.517. The number of imidazole rings is 1. The Kier molecular flexibility index (Phi) is 7.50. The number of fused-ring (bicyclic) bond motifs is 1. The molecule has 3 heterocycles. The van der Waals surface area contributed by atoms with E-state index >= 15 is 0 Å². The number of ether oxygens (including phenoxy) is 4. The summed E-state index contributed by atoms with van der Waals surface area (Å²) in [6, 6.07) is 6.80. The number of nitrogens with zero attached hydrogens (tertiary/aromatic N) is 3. The van der Waals surface area contributed by atoms with E-state index in [1.807, 2.05) is 22.7 Å². The summed E-state index contributed by atoms with van der Waals surface area (Å²) in [5.74, 6) is 0.0980. The molecule has 40 heavy (non-hydrogen) atoms. The summed E-state index contributed by atoms with van der Waals surface area (Å²) < 4.78 is 50.4. The van der Waals surface area contributed by atoms with E-state index in [0.29, 0.717) is 29.3 Å². The maximum atomic E-state index is 13.3. The molecule has 1 amide bonds. The van der Waals surface area contributed by atoms with Crippen LogP contribution in [0.4, 0.5) is 8.78 Å². The first-order valence-corrected chi connectivity index (χ1v) is 13.9. The third kappa shape index (κ3) is 5.44. The standard InChI is InChI=1S/C29H34F2N4O5/c1-37-23-14-19(15-24(40-28(30)31)26(23)27(36)33-20-4-5-20)22-17-32-25-16-21(6-10-35(22)25)39-12-3-9-34-11-13-38-18-29(34)7-2-8-29/h6,10,14-17,20,28H,2-5,7-9,11-13,18H2,1H3,(H,33,36). The van der Waals surface area contributed by atoms with Crippen molar-refractivity contribution in [3.8, 4) is 28.5 Å². The van der Waals surface area contributed by atoms with Gasteiger partial charge in [-0.2, -0.15) is 8.78 Å². The quantitative estimate of drug-likeness (QED) is 0.348. The molecule has 2 saturated carbocycles. The summed E-state index contributed by atoms with van der Waals surface area (Å²) in [7, 11) is 1.39. The Labute approximate surface area is 231 Å². The first kappa shape index (κ1) is 26.8. The van der Waals surface area contributed by atoms with Crippen LogP contribution >= 0.6 is 0 Å². The highest BCUT2D eigenvalue weighted by atomic mass is 19.3. The van der Waals surface area contributed by atoms with Crippen LogP contribution in [0.3, 0.4) is 0 Å². The second kappa shape index (κ2) is 11.2. The number of carbonyl (C=O) groups is 1. The first-order chi connectivity index (χ1) is 19.5. The first-order valence-electron chi connectivity index (χ1n) is 13.9. The monoisotopic (exact) mass is 556 g/mol. The topological polar surface area (TPSA) is 86.6 Å². The molecule has 11 heteroatoms. The number of alkyl halides is 2. The summed E-state index contributed by atoms with van der Waals surface area (Å²) in [6.07, 6.45) is 9.80. The van der Waals surface area contributed by atoms with E-state index < -0.39 is 12.5 Å². The van der Waals surface area contributed by atoms with E-state index in [9.17, 15) is 13.6 Å². The van der Waals surface area contributed by atoms with Crippen molar-refractivity contribution in [2.24, 2.45) is 0 Å². The van der Waals surface area contributed by atoms with Crippen LogP contribution in [0.25, 0.3) is 16.9 Å². The van der Waals surface area contributed by atoms with Crippen molar-refractivity contribution in [1.82, 2.24) is 19.6 Å². The lowest BCUT2D eigenvalue weighted by Crippen LogP contribution is -2.61. The number of carbonyl (C=O) groups excluding carboxylic acids is 1. The molecule has 0 radical (unpaired) electrons. The van der Waals surface area contributed by atoms with Gasteiger partial charge in [0.15, 0.2) is 0 Å². The van der Waals surface area contributed by atoms with Crippen molar-refractivity contribution in [3.05, 3.63) is 42.2 Å². The Hall–Kier alpha value is -3.44. The Bertz CT molecular complexity index is 1370. The van der Waals surface area contributed by atoms with Crippen molar-refractivity contribution in [2.75, 3.05) is 40.0 Å². The molecule has 0 unspecified atom stereocenters. The number of aromatic nitrogens is 2. The van der Waals surface area contributed by atoms with Crippen molar-refractivity contribution < 1.29 is 32.5 Å². The molecule has 0 atom stereocenters. The molecule has 214 valence electrons. The summed E-state index contributed by atoms with van der Waals surface area (Å²) in [5, 5.41) is 2.81. The maximum absolute atomic E-state index is 13.3. The fourth-order valence-electron chi connectivity index (χ4n) is 5.67. The van der Waals surface area contributed by atoms with Crippen molar-refractivity contribution >= 4 is 11.6 Å². The zero-order valence-corrected chi connectivity index (χ0v) is 22.5. The zero-order valence-electron chi connectivity index (χ0n) is 22.5. The van der Waals surface area contributed by atoms with Crippen LogP contribution in [0.15, 0.2) is 36.7 Å². The minimum atomic E-state index is -3.10. The number of morpholine rings is 1. The van der Waals surface area contributed by atoms with Crippen LogP contribution in [0.5, 0.6) is 17.2 Å². The van der Waals surface area contributed by atoms with Gasteiger partial charge in [0.2, 0.25) is 0 Å². The minimum Gasteiger partial charge on any atom is -0.496 e. The van der Waals surface area contributed by atoms with Crippen LogP contribution in [-0.4, -0.2) is 78.4 Å². The molecule has 2 aromatic heterocycles. The van der Waals surface area contributed by atoms with Gasteiger partial charge in [-0.3, -0.25) is 14.1 Å². The predicted molar refractivity (Wildman–Crippen MR) is 143 cm³/mol. The van der Waals surface area contributed by atoms with Gasteiger partial charge in [0, 0.05) is 42.5 Å². The van der Waals surface area contributed by atoms with Gasteiger partial charge in [-0.25, -0.2) is 4.98 Å². The number of benzene rings is 1. The molecule has 9 nitrogen and oxygen atoms in total. The number of halogens is 2. The molecular formula is C29H34F2N4O5. The molecule has 6 rings (SSSR count). The van der Waals surface area contributed by atoms with Gasteiger partial charge >= 0.3 is 6.61 Å². The fourth-order valence-corrected chi connectivity index (χ4v) is 5.67. The Morgan fingerprint density at radius 3 is 2.80 bits per heavy atom. The van der Waals surface area contributed by atoms with Crippen molar-refractivity contribution in [3.63, 3.8) is 0 Å². The predicted octanol–water partition coefficient (Wildman–Crippen LogP) is 4.53. The lowest BCUT2D eigenvalue weighted by atomic mass is 9.75. The van der Waals surface area contributed by atoms with Gasteiger partial charge in [-0.1, -0.05) is 0 Å². The van der Waals surface area contributed by atoms with E-state index in [1.165, 1.54) is 32.4 Å². The molecule has 1 aliphatic heterocycles. The number of nitrogens with one attached hydrogen (secondary N) is 1. The normalized spacial score (nSPS) is 18.6. The molecule has 3 fully saturated rings. The highest BCUT2D eigenvalue weighted by Gasteiger charge is 2.44. The van der Waals surface area contributed by atoms with Crippen molar-refractivity contribution in [2.45, 2.75) is 56.7 Å². The van der Waals surface area contributed by atoms with Gasteiger partial charge in [-0.05, 0) is 56.7 Å². The Morgan fingerprint density at radius 2 is 2.08 bits per heavy atom. The smallest absolute Gasteiger partial charge is 0.387 e. The number of pyridine rings is 1. The SMILES string of the molecule is COc1cc(-c2cnc3cc(OCCCN4CCOCC45CCC5)ccn23)cc(OC(F)F)c1C(=O)NC1CC1. The molecule has 1 saturated heterocycles. The van der Waals surface area contributed by atoms with Crippen LogP contribution < -0.4 is 19.5 Å². The lowest BCUT2D eigenvalue weighted by Gasteiger charge is -2.52. The second-order valence-electron chi connectivity index (χ2n) is 10.7. The molecule has 1 N–H and O–H groups in total. The number of methoxy groups -OCH3 is 1. The van der Waals surface area contributed by atoms with Gasteiger partial charge in [-0.15, -0.1) is 0 Å². The van der Waals surface area contributed by atoms with Crippen LogP contribution in [0.1, 0.15) is 48.9 Å². The Balaban J connectivity index is 1.17. The number of hydrogen-bond acceptors (Lipinski definition) is 7. The van der Waals surface area contributed by atoms with E-state index in [0.717, 1.165) is 45.6 Å². The average Bonchev–Trinajstić information content (AvgIpc) is 3.64. The van der Waals surface area contributed by atoms with E-state index in [-0.39, 0.29) is 28.6 Å². The molecule has 2 aliphatic carbocycles. The molecule has 0 bridgehead atoms. The zero-order chi connectivity index (χ0) is 27.7. The van der Waals surface area contributed by atoms with Gasteiger partial charge in [0.05, 0.1) is 38.8 Å². The van der Waals surface area contributed by atoms with E-state index in [4.69, 9.17) is 18.9 Å². The van der Waals surface area contributed by atoms with Gasteiger partial charge in [0.25, 0.3) is 5.91 Å². The summed E-state index contributed by atoms with van der Waals surface area (Å²) in [4.78, 5) is 19.9. The highest BCUT2D eigenvalue weighted by Crippen LogP contribution is 2.40. The summed E-state index contributed by atoms with van der Waals surface area (Å²) in [6.45, 7) is 1.08. The van der Waals surface area contributed by atoms with Gasteiger partial charge in [0.1, 0.15) is 28.5 Å². The summed E-state index contributed by atoms with van der Waals surface area (Å²) >= 11 is 0. The van der Waals surface area contributed by atoms with E-state index in [1.54, 1.807) is 12.3 Å². The molecular weight excluding hydrogens is 522 g/mol. The molecule has 1 spiro atoms.